The van der Waals surface area contributed by atoms with E-state index in [9.17, 15) is 4.79 Å². The number of carbonyl (C=O) groups is 1. The maximum absolute atomic E-state index is 11.6. The first-order valence-corrected chi connectivity index (χ1v) is 4.78. The minimum atomic E-state index is -0.251. The van der Waals surface area contributed by atoms with Gasteiger partial charge in [-0.25, -0.2) is 4.98 Å². The van der Waals surface area contributed by atoms with Gasteiger partial charge in [0.25, 0.3) is 5.91 Å². The van der Waals surface area contributed by atoms with Crippen molar-refractivity contribution >= 4 is 5.91 Å². The van der Waals surface area contributed by atoms with Crippen molar-refractivity contribution in [2.24, 2.45) is 7.05 Å². The van der Waals surface area contributed by atoms with Gasteiger partial charge in [-0.3, -0.25) is 4.79 Å². The number of carbonyl (C=O) groups excluding carboxylic acids is 1. The molecule has 0 atom stereocenters. The predicted octanol–water partition coefficient (Wildman–Crippen LogP) is 0.140. The summed E-state index contributed by atoms with van der Waals surface area (Å²) in [4.78, 5) is 15.7. The monoisotopic (exact) mass is 217 g/mol. The lowest BCUT2D eigenvalue weighted by molar-refractivity contribution is 0.0944. The number of imidazole rings is 1. The van der Waals surface area contributed by atoms with E-state index < -0.39 is 0 Å². The quantitative estimate of drug-likeness (QED) is 0.793. The summed E-state index contributed by atoms with van der Waals surface area (Å²) >= 11 is 0. The molecule has 2 heterocycles. The van der Waals surface area contributed by atoms with Crippen molar-refractivity contribution in [2.45, 2.75) is 6.54 Å². The van der Waals surface area contributed by atoms with Gasteiger partial charge in [-0.1, -0.05) is 0 Å². The third-order valence-corrected chi connectivity index (χ3v) is 1.99. The number of amides is 1. The smallest absolute Gasteiger partial charge is 0.272 e. The first kappa shape index (κ1) is 10.3. The van der Waals surface area contributed by atoms with Gasteiger partial charge in [0.15, 0.2) is 5.69 Å². The number of rotatable bonds is 3. The van der Waals surface area contributed by atoms with Gasteiger partial charge in [-0.2, -0.15) is 5.10 Å². The molecule has 6 heteroatoms. The van der Waals surface area contributed by atoms with Crippen molar-refractivity contribution in [3.05, 3.63) is 42.2 Å². The summed E-state index contributed by atoms with van der Waals surface area (Å²) < 4.78 is 1.82. The molecule has 1 amide bonds. The Morgan fingerprint density at radius 2 is 2.44 bits per heavy atom. The second-order valence-electron chi connectivity index (χ2n) is 3.32. The molecule has 0 aromatic carbocycles. The second-order valence-corrected chi connectivity index (χ2v) is 3.32. The van der Waals surface area contributed by atoms with E-state index in [4.69, 9.17) is 0 Å². The Morgan fingerprint density at radius 3 is 3.06 bits per heavy atom. The van der Waals surface area contributed by atoms with Crippen LogP contribution in [0.25, 0.3) is 0 Å². The maximum atomic E-state index is 11.6. The van der Waals surface area contributed by atoms with E-state index in [1.54, 1.807) is 18.5 Å². The number of aromatic nitrogens is 4. The number of hydrogen-bond acceptors (Lipinski definition) is 4. The van der Waals surface area contributed by atoms with Crippen molar-refractivity contribution < 1.29 is 4.79 Å². The summed E-state index contributed by atoms with van der Waals surface area (Å²) in [5, 5.41) is 10.1. The molecule has 0 aliphatic rings. The van der Waals surface area contributed by atoms with Crippen molar-refractivity contribution in [3.63, 3.8) is 0 Å². The van der Waals surface area contributed by atoms with Gasteiger partial charge >= 0.3 is 0 Å². The SMILES string of the molecule is Cn1cnc(CNC(=O)c2cccnn2)c1. The van der Waals surface area contributed by atoms with Crippen LogP contribution in [-0.2, 0) is 13.6 Å². The largest absolute Gasteiger partial charge is 0.345 e. The summed E-state index contributed by atoms with van der Waals surface area (Å²) in [5.74, 6) is -0.251. The molecule has 82 valence electrons. The molecule has 2 rings (SSSR count). The highest BCUT2D eigenvalue weighted by atomic mass is 16.1. The van der Waals surface area contributed by atoms with Crippen molar-refractivity contribution in [3.8, 4) is 0 Å². The van der Waals surface area contributed by atoms with E-state index in [0.29, 0.717) is 12.2 Å². The number of aryl methyl sites for hydroxylation is 1. The highest BCUT2D eigenvalue weighted by molar-refractivity contribution is 5.91. The molecular weight excluding hydrogens is 206 g/mol. The van der Waals surface area contributed by atoms with Gasteiger partial charge in [0.05, 0.1) is 18.6 Å². The van der Waals surface area contributed by atoms with Crippen LogP contribution in [-0.4, -0.2) is 25.7 Å². The normalized spacial score (nSPS) is 10.1. The Kier molecular flexibility index (Phi) is 2.90. The standard InChI is InChI=1S/C10H11N5O/c1-15-6-8(12-7-15)5-11-10(16)9-3-2-4-13-14-9/h2-4,6-7H,5H2,1H3,(H,11,16). The molecule has 0 aliphatic carbocycles. The molecule has 1 N–H and O–H groups in total. The lowest BCUT2D eigenvalue weighted by Gasteiger charge is -2.00. The number of nitrogens with one attached hydrogen (secondary N) is 1. The average Bonchev–Trinajstić information content (AvgIpc) is 2.73. The zero-order valence-electron chi connectivity index (χ0n) is 8.79. The molecule has 0 saturated carbocycles. The highest BCUT2D eigenvalue weighted by Crippen LogP contribution is 1.95. The van der Waals surface area contributed by atoms with E-state index in [1.807, 2.05) is 17.8 Å². The fourth-order valence-corrected chi connectivity index (χ4v) is 1.24. The van der Waals surface area contributed by atoms with Crippen LogP contribution in [0.2, 0.25) is 0 Å². The minimum absolute atomic E-state index is 0.251. The zero-order valence-corrected chi connectivity index (χ0v) is 8.79. The Bertz CT molecular complexity index is 479. The number of hydrogen-bond donors (Lipinski definition) is 1. The Morgan fingerprint density at radius 1 is 1.56 bits per heavy atom. The predicted molar refractivity (Wildman–Crippen MR) is 56.4 cm³/mol. The second kappa shape index (κ2) is 4.52. The van der Waals surface area contributed by atoms with Crippen LogP contribution in [0.5, 0.6) is 0 Å². The molecule has 0 radical (unpaired) electrons. The molecule has 0 spiro atoms. The van der Waals surface area contributed by atoms with Gasteiger partial charge in [0, 0.05) is 19.4 Å². The molecule has 6 nitrogen and oxygen atoms in total. The van der Waals surface area contributed by atoms with Crippen molar-refractivity contribution in [1.82, 2.24) is 25.1 Å². The van der Waals surface area contributed by atoms with Gasteiger partial charge in [-0.05, 0) is 12.1 Å². The minimum Gasteiger partial charge on any atom is -0.345 e. The van der Waals surface area contributed by atoms with Gasteiger partial charge in [0.1, 0.15) is 0 Å². The lowest BCUT2D eigenvalue weighted by Crippen LogP contribution is -2.24. The zero-order chi connectivity index (χ0) is 11.4. The summed E-state index contributed by atoms with van der Waals surface area (Å²) in [5.41, 5.74) is 1.11. The van der Waals surface area contributed by atoms with E-state index in [2.05, 4.69) is 20.5 Å². The molecule has 0 aliphatic heterocycles. The molecule has 0 saturated heterocycles. The van der Waals surface area contributed by atoms with Crippen LogP contribution in [0.4, 0.5) is 0 Å². The van der Waals surface area contributed by atoms with Crippen LogP contribution in [0, 0.1) is 0 Å². The van der Waals surface area contributed by atoms with Crippen LogP contribution in [0.1, 0.15) is 16.2 Å². The Labute approximate surface area is 92.3 Å². The average molecular weight is 217 g/mol. The Balaban J connectivity index is 1.94. The number of nitrogens with zero attached hydrogens (tertiary/aromatic N) is 4. The van der Waals surface area contributed by atoms with Gasteiger partial charge < -0.3 is 9.88 Å². The molecular formula is C10H11N5O. The van der Waals surface area contributed by atoms with Gasteiger partial charge in [-0.15, -0.1) is 5.10 Å². The first-order chi connectivity index (χ1) is 7.75. The highest BCUT2D eigenvalue weighted by Gasteiger charge is 2.06. The fourth-order valence-electron chi connectivity index (χ4n) is 1.24. The molecule has 0 fully saturated rings. The third kappa shape index (κ3) is 2.41. The molecule has 0 unspecified atom stereocenters. The summed E-state index contributed by atoms with van der Waals surface area (Å²) in [6.07, 6.45) is 5.05. The third-order valence-electron chi connectivity index (χ3n) is 1.99. The summed E-state index contributed by atoms with van der Waals surface area (Å²) in [7, 11) is 1.88. The molecule has 16 heavy (non-hydrogen) atoms. The van der Waals surface area contributed by atoms with Crippen LogP contribution >= 0.6 is 0 Å². The molecule has 2 aromatic heterocycles. The first-order valence-electron chi connectivity index (χ1n) is 4.78. The van der Waals surface area contributed by atoms with Crippen molar-refractivity contribution in [1.29, 1.82) is 0 Å². The fraction of sp³-hybridized carbons (Fsp3) is 0.200. The van der Waals surface area contributed by atoms with E-state index in [0.717, 1.165) is 5.69 Å². The summed E-state index contributed by atoms with van der Waals surface area (Å²) in [6, 6.07) is 3.28. The van der Waals surface area contributed by atoms with E-state index >= 15 is 0 Å². The topological polar surface area (TPSA) is 72.7 Å². The summed E-state index contributed by atoms with van der Waals surface area (Å²) in [6.45, 7) is 0.385. The van der Waals surface area contributed by atoms with Gasteiger partial charge in [0.2, 0.25) is 0 Å². The van der Waals surface area contributed by atoms with Crippen molar-refractivity contribution in [2.75, 3.05) is 0 Å². The van der Waals surface area contributed by atoms with E-state index in [1.165, 1.54) is 6.20 Å². The van der Waals surface area contributed by atoms with Crippen LogP contribution in [0.3, 0.4) is 0 Å². The maximum Gasteiger partial charge on any atom is 0.272 e. The van der Waals surface area contributed by atoms with Crippen LogP contribution < -0.4 is 5.32 Å². The molecule has 2 aromatic rings. The van der Waals surface area contributed by atoms with Crippen LogP contribution in [0.15, 0.2) is 30.9 Å². The molecule has 0 bridgehead atoms. The van der Waals surface area contributed by atoms with E-state index in [-0.39, 0.29) is 5.91 Å². The Hall–Kier alpha value is -2.24. The lowest BCUT2D eigenvalue weighted by atomic mass is 10.3.